The minimum atomic E-state index is -0.612. The Morgan fingerprint density at radius 1 is 1.33 bits per heavy atom. The Balaban J connectivity index is 2.41. The van der Waals surface area contributed by atoms with Crippen LogP contribution in [0.25, 0.3) is 0 Å². The SMILES string of the molecule is C=C1CN(C)[C]N1c1c(F)cccc1F. The average Bonchev–Trinajstić information content (AvgIpc) is 2.45. The molecular formula is C11H10F2N2. The summed E-state index contributed by atoms with van der Waals surface area (Å²) in [5.41, 5.74) is 0.480. The molecule has 78 valence electrons. The Bertz CT molecular complexity index is 383. The standard InChI is InChI=1S/C11H10F2N2/c1-8-6-14(2)7-15(8)11-9(12)4-3-5-10(11)13/h3-5H,1,6H2,2H3. The number of benzene rings is 1. The third-order valence-corrected chi connectivity index (χ3v) is 2.17. The smallest absolute Gasteiger partial charge is 0.182 e. The maximum absolute atomic E-state index is 13.4. The summed E-state index contributed by atoms with van der Waals surface area (Å²) in [6.07, 6.45) is 0. The van der Waals surface area contributed by atoms with Gasteiger partial charge in [0.15, 0.2) is 6.67 Å². The molecule has 1 aromatic rings. The van der Waals surface area contributed by atoms with E-state index in [1.807, 2.05) is 0 Å². The van der Waals surface area contributed by atoms with Crippen LogP contribution in [0.5, 0.6) is 0 Å². The Labute approximate surface area is 87.4 Å². The van der Waals surface area contributed by atoms with Crippen molar-refractivity contribution in [2.45, 2.75) is 0 Å². The van der Waals surface area contributed by atoms with Crippen molar-refractivity contribution in [3.05, 3.63) is 48.8 Å². The van der Waals surface area contributed by atoms with Gasteiger partial charge in [0.1, 0.15) is 17.3 Å². The highest BCUT2D eigenvalue weighted by molar-refractivity contribution is 5.57. The van der Waals surface area contributed by atoms with E-state index in [1.165, 1.54) is 23.1 Å². The number of likely N-dealkylation sites (N-methyl/N-ethyl adjacent to an activating group) is 1. The molecule has 15 heavy (non-hydrogen) atoms. The zero-order valence-corrected chi connectivity index (χ0v) is 8.30. The van der Waals surface area contributed by atoms with Crippen LogP contribution < -0.4 is 4.90 Å². The largest absolute Gasteiger partial charge is 0.313 e. The molecule has 0 bridgehead atoms. The summed E-state index contributed by atoms with van der Waals surface area (Å²) in [5, 5.41) is 0. The topological polar surface area (TPSA) is 6.48 Å². The van der Waals surface area contributed by atoms with Gasteiger partial charge in [-0.2, -0.15) is 0 Å². The summed E-state index contributed by atoms with van der Waals surface area (Å²) in [5.74, 6) is -1.22. The van der Waals surface area contributed by atoms with E-state index >= 15 is 0 Å². The Morgan fingerprint density at radius 2 is 1.93 bits per heavy atom. The van der Waals surface area contributed by atoms with Gasteiger partial charge in [-0.15, -0.1) is 0 Å². The van der Waals surface area contributed by atoms with Gasteiger partial charge in [0.25, 0.3) is 0 Å². The molecule has 2 nitrogen and oxygen atoms in total. The fourth-order valence-corrected chi connectivity index (χ4v) is 1.53. The summed E-state index contributed by atoms with van der Waals surface area (Å²) in [6, 6.07) is 3.76. The van der Waals surface area contributed by atoms with Crippen LogP contribution in [0.4, 0.5) is 14.5 Å². The van der Waals surface area contributed by atoms with Gasteiger partial charge in [0.05, 0.1) is 0 Å². The van der Waals surface area contributed by atoms with E-state index in [0.717, 1.165) is 0 Å². The fraction of sp³-hybridized carbons (Fsp3) is 0.182. The molecule has 1 aliphatic rings. The van der Waals surface area contributed by atoms with E-state index in [2.05, 4.69) is 13.2 Å². The van der Waals surface area contributed by atoms with Crippen molar-refractivity contribution >= 4 is 5.69 Å². The van der Waals surface area contributed by atoms with Crippen molar-refractivity contribution < 1.29 is 8.78 Å². The lowest BCUT2D eigenvalue weighted by Gasteiger charge is -2.18. The van der Waals surface area contributed by atoms with Crippen LogP contribution >= 0.6 is 0 Å². The lowest BCUT2D eigenvalue weighted by molar-refractivity contribution is 0.485. The predicted molar refractivity (Wildman–Crippen MR) is 53.9 cm³/mol. The van der Waals surface area contributed by atoms with Gasteiger partial charge in [-0.05, 0) is 19.2 Å². The zero-order chi connectivity index (χ0) is 11.0. The second-order valence-corrected chi connectivity index (χ2v) is 3.43. The molecule has 0 saturated carbocycles. The van der Waals surface area contributed by atoms with Crippen LogP contribution in [0.2, 0.25) is 0 Å². The van der Waals surface area contributed by atoms with Crippen molar-refractivity contribution in [2.75, 3.05) is 18.5 Å². The highest BCUT2D eigenvalue weighted by atomic mass is 19.1. The Morgan fingerprint density at radius 3 is 2.40 bits per heavy atom. The first-order valence-electron chi connectivity index (χ1n) is 4.49. The second-order valence-electron chi connectivity index (χ2n) is 3.43. The summed E-state index contributed by atoms with van der Waals surface area (Å²) < 4.78 is 26.8. The molecule has 1 aliphatic heterocycles. The molecule has 0 aliphatic carbocycles. The van der Waals surface area contributed by atoms with E-state index < -0.39 is 11.6 Å². The molecule has 0 atom stereocenters. The van der Waals surface area contributed by atoms with Crippen LogP contribution in [0.3, 0.4) is 0 Å². The van der Waals surface area contributed by atoms with Crippen LogP contribution in [0.15, 0.2) is 30.5 Å². The highest BCUT2D eigenvalue weighted by Gasteiger charge is 2.27. The number of hydrogen-bond donors (Lipinski definition) is 0. The third kappa shape index (κ3) is 1.72. The van der Waals surface area contributed by atoms with Crippen molar-refractivity contribution in [3.8, 4) is 0 Å². The molecule has 1 saturated heterocycles. The van der Waals surface area contributed by atoms with E-state index in [4.69, 9.17) is 0 Å². The molecule has 2 rings (SSSR count). The number of rotatable bonds is 1. The number of nitrogens with zero attached hydrogens (tertiary/aromatic N) is 2. The first kappa shape index (κ1) is 10.1. The Hall–Kier alpha value is -1.42. The van der Waals surface area contributed by atoms with Crippen molar-refractivity contribution in [3.63, 3.8) is 0 Å². The first-order valence-corrected chi connectivity index (χ1v) is 4.49. The van der Waals surface area contributed by atoms with Crippen LogP contribution in [-0.4, -0.2) is 18.5 Å². The maximum atomic E-state index is 13.4. The molecule has 0 spiro atoms. The molecule has 2 radical (unpaired) electrons. The van der Waals surface area contributed by atoms with Gasteiger partial charge in [0.2, 0.25) is 0 Å². The highest BCUT2D eigenvalue weighted by Crippen LogP contribution is 2.30. The quantitative estimate of drug-likeness (QED) is 0.698. The lowest BCUT2D eigenvalue weighted by atomic mass is 10.2. The molecule has 1 aromatic carbocycles. The van der Waals surface area contributed by atoms with Crippen molar-refractivity contribution in [1.82, 2.24) is 4.90 Å². The van der Waals surface area contributed by atoms with Crippen LogP contribution in [-0.2, 0) is 0 Å². The minimum absolute atomic E-state index is 0.119. The summed E-state index contributed by atoms with van der Waals surface area (Å²) in [7, 11) is 1.77. The van der Waals surface area contributed by atoms with Gasteiger partial charge in [0, 0.05) is 12.2 Å². The lowest BCUT2D eigenvalue weighted by Crippen LogP contribution is -2.17. The Kier molecular flexibility index (Phi) is 2.44. The third-order valence-electron chi connectivity index (χ3n) is 2.17. The average molecular weight is 208 g/mol. The van der Waals surface area contributed by atoms with Gasteiger partial charge < -0.3 is 4.90 Å². The second kappa shape index (κ2) is 3.62. The van der Waals surface area contributed by atoms with Gasteiger partial charge in [-0.3, -0.25) is 4.90 Å². The summed E-state index contributed by atoms with van der Waals surface area (Å²) in [4.78, 5) is 3.00. The van der Waals surface area contributed by atoms with Crippen molar-refractivity contribution in [2.24, 2.45) is 0 Å². The molecule has 1 fully saturated rings. The molecule has 0 aromatic heterocycles. The number of para-hydroxylation sites is 1. The van der Waals surface area contributed by atoms with E-state index in [0.29, 0.717) is 12.2 Å². The minimum Gasteiger partial charge on any atom is -0.313 e. The summed E-state index contributed by atoms with van der Waals surface area (Å²) in [6.45, 7) is 7.04. The summed E-state index contributed by atoms with van der Waals surface area (Å²) >= 11 is 0. The van der Waals surface area contributed by atoms with Gasteiger partial charge in [-0.25, -0.2) is 8.78 Å². The predicted octanol–water partition coefficient (Wildman–Crippen LogP) is 2.23. The monoisotopic (exact) mass is 208 g/mol. The number of anilines is 1. The van der Waals surface area contributed by atoms with Gasteiger partial charge in [-0.1, -0.05) is 12.6 Å². The molecular weight excluding hydrogens is 198 g/mol. The van der Waals surface area contributed by atoms with Gasteiger partial charge >= 0.3 is 0 Å². The maximum Gasteiger partial charge on any atom is 0.182 e. The molecule has 0 amide bonds. The fourth-order valence-electron chi connectivity index (χ4n) is 1.53. The van der Waals surface area contributed by atoms with E-state index in [9.17, 15) is 8.78 Å². The number of halogens is 2. The van der Waals surface area contributed by atoms with Crippen molar-refractivity contribution in [1.29, 1.82) is 0 Å². The van der Waals surface area contributed by atoms with E-state index in [1.54, 1.807) is 11.9 Å². The normalized spacial score (nSPS) is 17.5. The molecule has 0 N–H and O–H groups in total. The zero-order valence-electron chi connectivity index (χ0n) is 8.30. The number of hydrogen-bond acceptors (Lipinski definition) is 2. The molecule has 0 unspecified atom stereocenters. The molecule has 4 heteroatoms. The van der Waals surface area contributed by atoms with E-state index in [-0.39, 0.29) is 5.69 Å². The molecule has 1 heterocycles. The van der Waals surface area contributed by atoms with Crippen LogP contribution in [0.1, 0.15) is 0 Å². The van der Waals surface area contributed by atoms with Crippen LogP contribution in [0, 0.1) is 18.3 Å². The first-order chi connectivity index (χ1) is 7.09.